The van der Waals surface area contributed by atoms with Crippen molar-refractivity contribution in [3.8, 4) is 0 Å². The van der Waals surface area contributed by atoms with Gasteiger partial charge in [0.05, 0.1) is 19.3 Å². The Morgan fingerprint density at radius 3 is 2.31 bits per heavy atom. The van der Waals surface area contributed by atoms with Gasteiger partial charge in [-0.05, 0) is 5.92 Å². The van der Waals surface area contributed by atoms with Crippen LogP contribution >= 0.6 is 0 Å². The van der Waals surface area contributed by atoms with Crippen LogP contribution in [-0.2, 0) is 0 Å². The van der Waals surface area contributed by atoms with Gasteiger partial charge >= 0.3 is 0 Å². The average Bonchev–Trinajstić information content (AvgIpc) is 2.10. The van der Waals surface area contributed by atoms with E-state index in [9.17, 15) is 0 Å². The Balaban J connectivity index is 3.82. The molecular weight excluding hydrogens is 170 g/mol. The van der Waals surface area contributed by atoms with Crippen LogP contribution in [0.15, 0.2) is 4.99 Å². The van der Waals surface area contributed by atoms with Gasteiger partial charge in [-0.2, -0.15) is 0 Å². The van der Waals surface area contributed by atoms with Crippen molar-refractivity contribution in [1.29, 1.82) is 0 Å². The van der Waals surface area contributed by atoms with Crippen molar-refractivity contribution in [3.63, 3.8) is 0 Å². The normalized spacial score (nSPS) is 12.6. The molecule has 0 aromatic rings. The number of nitrogens with two attached hydrogens (primary N) is 1. The Bertz CT molecular complexity index is 155. The van der Waals surface area contributed by atoms with Crippen molar-refractivity contribution in [1.82, 2.24) is 5.32 Å². The molecule has 13 heavy (non-hydrogen) atoms. The molecule has 5 nitrogen and oxygen atoms in total. The lowest BCUT2D eigenvalue weighted by atomic mass is 10.2. The molecular formula is C8H19N3O2. The second-order valence-electron chi connectivity index (χ2n) is 3.33. The maximum absolute atomic E-state index is 8.72. The first-order chi connectivity index (χ1) is 6.10. The van der Waals surface area contributed by atoms with Crippen LogP contribution in [0.4, 0.5) is 0 Å². The van der Waals surface area contributed by atoms with Crippen molar-refractivity contribution in [2.75, 3.05) is 19.8 Å². The molecule has 0 amide bonds. The average molecular weight is 189 g/mol. The second kappa shape index (κ2) is 6.68. The predicted molar refractivity (Wildman–Crippen MR) is 52.4 cm³/mol. The molecule has 5 N–H and O–H groups in total. The number of rotatable bonds is 5. The van der Waals surface area contributed by atoms with Crippen molar-refractivity contribution >= 4 is 5.96 Å². The molecule has 0 heterocycles. The van der Waals surface area contributed by atoms with Gasteiger partial charge in [0.1, 0.15) is 0 Å². The molecule has 0 aromatic heterocycles. The highest BCUT2D eigenvalue weighted by Gasteiger charge is 2.05. The number of guanidine groups is 1. The maximum Gasteiger partial charge on any atom is 0.188 e. The monoisotopic (exact) mass is 189 g/mol. The lowest BCUT2D eigenvalue weighted by molar-refractivity contribution is 0.183. The molecule has 0 aliphatic carbocycles. The summed E-state index contributed by atoms with van der Waals surface area (Å²) >= 11 is 0. The number of aliphatic hydroxyl groups is 2. The molecule has 0 fully saturated rings. The van der Waals surface area contributed by atoms with E-state index in [1.54, 1.807) is 0 Å². The summed E-state index contributed by atoms with van der Waals surface area (Å²) in [6.07, 6.45) is 0. The Morgan fingerprint density at radius 2 is 1.92 bits per heavy atom. The Hall–Kier alpha value is -0.810. The summed E-state index contributed by atoms with van der Waals surface area (Å²) in [5, 5.41) is 20.1. The number of aliphatic imine (C=N–C) groups is 1. The molecule has 0 aliphatic rings. The van der Waals surface area contributed by atoms with Gasteiger partial charge in [0.15, 0.2) is 5.96 Å². The minimum Gasteiger partial charge on any atom is -0.394 e. The summed E-state index contributed by atoms with van der Waals surface area (Å²) in [5.41, 5.74) is 5.49. The van der Waals surface area contributed by atoms with E-state index < -0.39 is 6.04 Å². The third kappa shape index (κ3) is 6.36. The summed E-state index contributed by atoms with van der Waals surface area (Å²) in [4.78, 5) is 4.02. The first-order valence-electron chi connectivity index (χ1n) is 4.38. The molecule has 0 unspecified atom stereocenters. The number of hydrogen-bond donors (Lipinski definition) is 4. The summed E-state index contributed by atoms with van der Waals surface area (Å²) in [7, 11) is 0. The van der Waals surface area contributed by atoms with Gasteiger partial charge in [-0.15, -0.1) is 0 Å². The quantitative estimate of drug-likeness (QED) is 0.326. The van der Waals surface area contributed by atoms with E-state index in [4.69, 9.17) is 15.9 Å². The summed E-state index contributed by atoms with van der Waals surface area (Å²) < 4.78 is 0. The fourth-order valence-electron chi connectivity index (χ4n) is 0.685. The predicted octanol–water partition coefficient (Wildman–Crippen LogP) is -1.10. The number of aliphatic hydroxyl groups excluding tert-OH is 2. The molecule has 5 heteroatoms. The number of nitrogens with zero attached hydrogens (tertiary/aromatic N) is 1. The number of hydrogen-bond acceptors (Lipinski definition) is 3. The zero-order valence-corrected chi connectivity index (χ0v) is 8.20. The highest BCUT2D eigenvalue weighted by Crippen LogP contribution is 1.90. The third-order valence-electron chi connectivity index (χ3n) is 1.42. The molecule has 0 radical (unpaired) electrons. The van der Waals surface area contributed by atoms with Crippen molar-refractivity contribution in [2.24, 2.45) is 16.6 Å². The van der Waals surface area contributed by atoms with E-state index in [0.29, 0.717) is 12.5 Å². The van der Waals surface area contributed by atoms with Gasteiger partial charge < -0.3 is 21.3 Å². The number of nitrogens with one attached hydrogen (secondary N) is 1. The lowest BCUT2D eigenvalue weighted by Crippen LogP contribution is -2.44. The lowest BCUT2D eigenvalue weighted by Gasteiger charge is -2.13. The van der Waals surface area contributed by atoms with Crippen LogP contribution < -0.4 is 11.1 Å². The zero-order chi connectivity index (χ0) is 10.3. The molecule has 0 aromatic carbocycles. The standard InChI is InChI=1S/C8H19N3O2/c1-6(2)3-10-8(9)11-7(4-12)5-13/h6-7,12-13H,3-5H2,1-2H3,(H3,9,10,11). The van der Waals surface area contributed by atoms with Gasteiger partial charge in [0.25, 0.3) is 0 Å². The van der Waals surface area contributed by atoms with E-state index >= 15 is 0 Å². The smallest absolute Gasteiger partial charge is 0.188 e. The molecule has 0 spiro atoms. The first kappa shape index (κ1) is 12.2. The Kier molecular flexibility index (Phi) is 6.26. The molecule has 0 saturated heterocycles. The largest absolute Gasteiger partial charge is 0.394 e. The molecule has 0 bridgehead atoms. The second-order valence-corrected chi connectivity index (χ2v) is 3.33. The van der Waals surface area contributed by atoms with Crippen LogP contribution in [0.5, 0.6) is 0 Å². The zero-order valence-electron chi connectivity index (χ0n) is 8.20. The van der Waals surface area contributed by atoms with Gasteiger partial charge in [-0.3, -0.25) is 4.99 Å². The maximum atomic E-state index is 8.72. The van der Waals surface area contributed by atoms with Gasteiger partial charge in [-0.1, -0.05) is 13.8 Å². The molecule has 0 atom stereocenters. The van der Waals surface area contributed by atoms with E-state index in [0.717, 1.165) is 0 Å². The van der Waals surface area contributed by atoms with Gasteiger partial charge in [0.2, 0.25) is 0 Å². The fourth-order valence-corrected chi connectivity index (χ4v) is 0.685. The van der Waals surface area contributed by atoms with E-state index in [2.05, 4.69) is 10.3 Å². The van der Waals surface area contributed by atoms with Crippen molar-refractivity contribution in [2.45, 2.75) is 19.9 Å². The van der Waals surface area contributed by atoms with Crippen LogP contribution in [0.25, 0.3) is 0 Å². The SMILES string of the molecule is CC(C)CN=C(N)NC(CO)CO. The van der Waals surface area contributed by atoms with Crippen LogP contribution in [0.2, 0.25) is 0 Å². The van der Waals surface area contributed by atoms with Crippen LogP contribution in [-0.4, -0.2) is 42.0 Å². The van der Waals surface area contributed by atoms with Crippen molar-refractivity contribution < 1.29 is 10.2 Å². The summed E-state index contributed by atoms with van der Waals surface area (Å²) in [6, 6.07) is -0.420. The molecule has 0 saturated carbocycles. The van der Waals surface area contributed by atoms with E-state index in [1.165, 1.54) is 0 Å². The summed E-state index contributed by atoms with van der Waals surface area (Å²) in [5.74, 6) is 0.712. The van der Waals surface area contributed by atoms with Crippen LogP contribution in [0.3, 0.4) is 0 Å². The Morgan fingerprint density at radius 1 is 1.38 bits per heavy atom. The van der Waals surface area contributed by atoms with Crippen LogP contribution in [0, 0.1) is 5.92 Å². The third-order valence-corrected chi connectivity index (χ3v) is 1.42. The minimum atomic E-state index is -0.420. The van der Waals surface area contributed by atoms with Crippen molar-refractivity contribution in [3.05, 3.63) is 0 Å². The molecule has 0 aliphatic heterocycles. The van der Waals surface area contributed by atoms with E-state index in [-0.39, 0.29) is 19.2 Å². The first-order valence-corrected chi connectivity index (χ1v) is 4.38. The minimum absolute atomic E-state index is 0.158. The van der Waals surface area contributed by atoms with Crippen LogP contribution in [0.1, 0.15) is 13.8 Å². The molecule has 0 rings (SSSR count). The fraction of sp³-hybridized carbons (Fsp3) is 0.875. The molecule has 78 valence electrons. The highest BCUT2D eigenvalue weighted by atomic mass is 16.3. The summed E-state index contributed by atoms with van der Waals surface area (Å²) in [6.45, 7) is 4.39. The topological polar surface area (TPSA) is 90.9 Å². The Labute approximate surface area is 78.7 Å². The van der Waals surface area contributed by atoms with Gasteiger partial charge in [0, 0.05) is 6.54 Å². The highest BCUT2D eigenvalue weighted by molar-refractivity contribution is 5.78. The van der Waals surface area contributed by atoms with E-state index in [1.807, 2.05) is 13.8 Å². The van der Waals surface area contributed by atoms with Gasteiger partial charge in [-0.25, -0.2) is 0 Å².